The Morgan fingerprint density at radius 3 is 1.52 bits per heavy atom. The molecule has 0 aromatic carbocycles. The summed E-state index contributed by atoms with van der Waals surface area (Å²) in [5, 5.41) is 9.46. The first-order valence-corrected chi connectivity index (χ1v) is 9.14. The molecule has 0 radical (unpaired) electrons. The molecule has 0 heterocycles. The van der Waals surface area contributed by atoms with Crippen LogP contribution >= 0.6 is 23.5 Å². The maximum absolute atomic E-state index is 13.3. The SMILES string of the molecule is OC(CSCCCC(F)(F)F)CSCCC(F)(C(F)(F)F)C(F)(F)F. The summed E-state index contributed by atoms with van der Waals surface area (Å²) in [4.78, 5) is 0. The molecule has 13 heteroatoms. The molecule has 0 aliphatic carbocycles. The van der Waals surface area contributed by atoms with Gasteiger partial charge in [-0.2, -0.15) is 63.0 Å². The highest BCUT2D eigenvalue weighted by Crippen LogP contribution is 2.48. The first kappa shape index (κ1) is 25.0. The second-order valence-corrected chi connectivity index (χ2v) is 7.37. The molecule has 0 aromatic heterocycles. The van der Waals surface area contributed by atoms with Gasteiger partial charge in [-0.3, -0.25) is 0 Å². The van der Waals surface area contributed by atoms with Gasteiger partial charge in [-0.15, -0.1) is 0 Å². The van der Waals surface area contributed by atoms with E-state index in [9.17, 15) is 49.0 Å². The molecule has 152 valence electrons. The van der Waals surface area contributed by atoms with Gasteiger partial charge >= 0.3 is 18.5 Å². The molecule has 1 atom stereocenters. The summed E-state index contributed by atoms with van der Waals surface area (Å²) < 4.78 is 122. The van der Waals surface area contributed by atoms with E-state index in [2.05, 4.69) is 0 Å². The Hall–Kier alpha value is -0.0400. The number of rotatable bonds is 10. The van der Waals surface area contributed by atoms with Crippen molar-refractivity contribution in [2.75, 3.05) is 23.0 Å². The maximum atomic E-state index is 13.3. The lowest BCUT2D eigenvalue weighted by atomic mass is 10.0. The second-order valence-electron chi connectivity index (χ2n) is 5.07. The Kier molecular flexibility index (Phi) is 9.75. The Morgan fingerprint density at radius 1 is 0.680 bits per heavy atom. The van der Waals surface area contributed by atoms with Gasteiger partial charge in [0.15, 0.2) is 0 Å². The Morgan fingerprint density at radius 2 is 1.12 bits per heavy atom. The largest absolute Gasteiger partial charge is 0.431 e. The highest BCUT2D eigenvalue weighted by Gasteiger charge is 2.71. The van der Waals surface area contributed by atoms with E-state index in [4.69, 9.17) is 0 Å². The van der Waals surface area contributed by atoms with E-state index in [0.29, 0.717) is 11.8 Å². The van der Waals surface area contributed by atoms with Crippen LogP contribution in [0, 0.1) is 0 Å². The molecule has 0 saturated heterocycles. The van der Waals surface area contributed by atoms with Crippen molar-refractivity contribution >= 4 is 23.5 Å². The van der Waals surface area contributed by atoms with Crippen molar-refractivity contribution in [2.24, 2.45) is 0 Å². The molecule has 0 spiro atoms. The van der Waals surface area contributed by atoms with Crippen molar-refractivity contribution in [3.8, 4) is 0 Å². The second kappa shape index (κ2) is 9.77. The van der Waals surface area contributed by atoms with Gasteiger partial charge in [-0.1, -0.05) is 0 Å². The first-order chi connectivity index (χ1) is 11.1. The Labute approximate surface area is 145 Å². The summed E-state index contributed by atoms with van der Waals surface area (Å²) in [5.41, 5.74) is -5.32. The number of alkyl halides is 10. The predicted octanol–water partition coefficient (Wildman–Crippen LogP) is 5.38. The van der Waals surface area contributed by atoms with Crippen LogP contribution in [0.5, 0.6) is 0 Å². The number of hydrogen-bond donors (Lipinski definition) is 1. The molecule has 0 rings (SSSR count). The van der Waals surface area contributed by atoms with Crippen LogP contribution in [0.25, 0.3) is 0 Å². The lowest BCUT2D eigenvalue weighted by Gasteiger charge is -2.29. The molecule has 0 bridgehead atoms. The fourth-order valence-corrected chi connectivity index (χ4v) is 3.55. The molecule has 0 aromatic rings. The molecule has 0 aliphatic rings. The monoisotopic (exact) mass is 430 g/mol. The van der Waals surface area contributed by atoms with Crippen molar-refractivity contribution in [1.82, 2.24) is 0 Å². The maximum Gasteiger partial charge on any atom is 0.431 e. The van der Waals surface area contributed by atoms with Crippen molar-refractivity contribution in [2.45, 2.75) is 49.6 Å². The third-order valence-electron chi connectivity index (χ3n) is 2.86. The quantitative estimate of drug-likeness (QED) is 0.371. The van der Waals surface area contributed by atoms with E-state index >= 15 is 0 Å². The van der Waals surface area contributed by atoms with Crippen molar-refractivity contribution in [1.29, 1.82) is 0 Å². The summed E-state index contributed by atoms with van der Waals surface area (Å²) in [5.74, 6) is -1.01. The molecule has 0 saturated carbocycles. The van der Waals surface area contributed by atoms with Crippen LogP contribution < -0.4 is 0 Å². The van der Waals surface area contributed by atoms with E-state index in [1.807, 2.05) is 0 Å². The smallest absolute Gasteiger partial charge is 0.391 e. The van der Waals surface area contributed by atoms with Gasteiger partial charge in [0.25, 0.3) is 5.67 Å². The van der Waals surface area contributed by atoms with Gasteiger partial charge in [0.1, 0.15) is 0 Å². The van der Waals surface area contributed by atoms with Crippen LogP contribution in [0.3, 0.4) is 0 Å². The van der Waals surface area contributed by atoms with Crippen molar-refractivity contribution in [3.63, 3.8) is 0 Å². The minimum Gasteiger partial charge on any atom is -0.391 e. The standard InChI is InChI=1S/C12H16F10OS2/c13-9(11(17,18)19,12(20,21)22)3-5-25-7-8(23)6-24-4-1-2-10(14,15)16/h8,23H,1-7H2. The van der Waals surface area contributed by atoms with E-state index in [1.54, 1.807) is 0 Å². The van der Waals surface area contributed by atoms with Crippen LogP contribution in [0.2, 0.25) is 0 Å². The number of aliphatic hydroxyl groups excluding tert-OH is 1. The first-order valence-electron chi connectivity index (χ1n) is 6.83. The molecule has 0 aliphatic heterocycles. The van der Waals surface area contributed by atoms with E-state index in [0.717, 1.165) is 11.8 Å². The lowest BCUT2D eigenvalue weighted by Crippen LogP contribution is -2.53. The van der Waals surface area contributed by atoms with E-state index in [-0.39, 0.29) is 23.7 Å². The average molecular weight is 430 g/mol. The van der Waals surface area contributed by atoms with Crippen LogP contribution in [0.4, 0.5) is 43.9 Å². The van der Waals surface area contributed by atoms with Gasteiger partial charge in [0.2, 0.25) is 0 Å². The average Bonchev–Trinajstić information content (AvgIpc) is 2.39. The molecule has 1 N–H and O–H groups in total. The zero-order valence-electron chi connectivity index (χ0n) is 12.6. The Bertz CT molecular complexity index is 366. The number of halogens is 10. The van der Waals surface area contributed by atoms with Gasteiger partial charge in [0.05, 0.1) is 6.10 Å². The lowest BCUT2D eigenvalue weighted by molar-refractivity contribution is -0.341. The number of aliphatic hydroxyl groups is 1. The summed E-state index contributed by atoms with van der Waals surface area (Å²) in [6.45, 7) is 0. The third-order valence-corrected chi connectivity index (χ3v) is 5.17. The normalized spacial score (nSPS) is 15.5. The van der Waals surface area contributed by atoms with Gasteiger partial charge in [-0.25, -0.2) is 4.39 Å². The van der Waals surface area contributed by atoms with Crippen molar-refractivity contribution in [3.05, 3.63) is 0 Å². The zero-order valence-corrected chi connectivity index (χ0v) is 14.2. The molecule has 0 amide bonds. The zero-order chi connectivity index (χ0) is 19.9. The summed E-state index contributed by atoms with van der Waals surface area (Å²) in [6.07, 6.45) is -20.6. The minimum atomic E-state index is -6.10. The predicted molar refractivity (Wildman–Crippen MR) is 76.5 cm³/mol. The molecular weight excluding hydrogens is 414 g/mol. The highest BCUT2D eigenvalue weighted by molar-refractivity contribution is 8.00. The minimum absolute atomic E-state index is 0.0236. The third kappa shape index (κ3) is 9.45. The number of thioether (sulfide) groups is 2. The van der Waals surface area contributed by atoms with Gasteiger partial charge in [0, 0.05) is 24.3 Å². The topological polar surface area (TPSA) is 20.2 Å². The van der Waals surface area contributed by atoms with Crippen molar-refractivity contribution < 1.29 is 49.0 Å². The van der Waals surface area contributed by atoms with Crippen LogP contribution in [-0.2, 0) is 0 Å². The van der Waals surface area contributed by atoms with Crippen LogP contribution in [0.1, 0.15) is 19.3 Å². The van der Waals surface area contributed by atoms with Gasteiger partial charge < -0.3 is 5.11 Å². The fraction of sp³-hybridized carbons (Fsp3) is 1.00. The molecule has 0 fully saturated rings. The van der Waals surface area contributed by atoms with E-state index in [1.165, 1.54) is 0 Å². The highest BCUT2D eigenvalue weighted by atomic mass is 32.2. The Balaban J connectivity index is 4.06. The fourth-order valence-electron chi connectivity index (χ4n) is 1.52. The molecule has 25 heavy (non-hydrogen) atoms. The van der Waals surface area contributed by atoms with E-state index < -0.39 is 48.9 Å². The molecule has 1 unspecified atom stereocenters. The van der Waals surface area contributed by atoms with Crippen LogP contribution in [-0.4, -0.2) is 58.4 Å². The van der Waals surface area contributed by atoms with Crippen LogP contribution in [0.15, 0.2) is 0 Å². The number of hydrogen-bond acceptors (Lipinski definition) is 3. The summed E-state index contributed by atoms with van der Waals surface area (Å²) in [6, 6.07) is 0. The summed E-state index contributed by atoms with van der Waals surface area (Å²) in [7, 11) is 0. The molecule has 1 nitrogen and oxygen atoms in total. The van der Waals surface area contributed by atoms with Gasteiger partial charge in [-0.05, 0) is 17.9 Å². The molecular formula is C12H16F10OS2. The summed E-state index contributed by atoms with van der Waals surface area (Å²) >= 11 is 1.48.